The average molecular weight is 366 g/mol. The van der Waals surface area contributed by atoms with Crippen LogP contribution in [0.3, 0.4) is 0 Å². The number of nitrogens with zero attached hydrogens (tertiary/aromatic N) is 2. The van der Waals surface area contributed by atoms with E-state index in [1.54, 1.807) is 6.92 Å². The van der Waals surface area contributed by atoms with Gasteiger partial charge in [0, 0.05) is 12.2 Å². The molecule has 2 aromatic carbocycles. The summed E-state index contributed by atoms with van der Waals surface area (Å²) in [4.78, 5) is 17.1. The molecule has 0 bridgehead atoms. The van der Waals surface area contributed by atoms with Crippen LogP contribution in [0.5, 0.6) is 0 Å². The van der Waals surface area contributed by atoms with Crippen molar-refractivity contribution in [2.24, 2.45) is 0 Å². The number of aromatic nitrogens is 2. The Hall–Kier alpha value is -2.86. The van der Waals surface area contributed by atoms with Crippen molar-refractivity contribution in [3.8, 4) is 0 Å². The van der Waals surface area contributed by atoms with E-state index in [-0.39, 0.29) is 12.5 Å². The normalized spacial score (nSPS) is 12.3. The number of rotatable bonds is 7. The summed E-state index contributed by atoms with van der Waals surface area (Å²) in [6.07, 6.45) is -0.508. The van der Waals surface area contributed by atoms with Gasteiger partial charge in [-0.1, -0.05) is 38.1 Å². The molecule has 0 saturated heterocycles. The highest BCUT2D eigenvalue weighted by Crippen LogP contribution is 2.21. The molecule has 6 nitrogen and oxygen atoms in total. The first-order valence-corrected chi connectivity index (χ1v) is 9.21. The van der Waals surface area contributed by atoms with Crippen LogP contribution < -0.4 is 10.6 Å². The van der Waals surface area contributed by atoms with Gasteiger partial charge in [-0.05, 0) is 42.7 Å². The molecular weight excluding hydrogens is 340 g/mol. The summed E-state index contributed by atoms with van der Waals surface area (Å²) >= 11 is 0. The molecule has 3 N–H and O–H groups in total. The van der Waals surface area contributed by atoms with E-state index in [1.165, 1.54) is 5.56 Å². The number of anilines is 2. The lowest BCUT2D eigenvalue weighted by atomic mass is 10.0. The second-order valence-electron chi connectivity index (χ2n) is 7.07. The number of hydrogen-bond donors (Lipinski definition) is 3. The molecule has 0 radical (unpaired) electrons. The summed E-state index contributed by atoms with van der Waals surface area (Å²) in [6, 6.07) is 15.6. The summed E-state index contributed by atoms with van der Waals surface area (Å²) < 4.78 is 1.83. The Labute approximate surface area is 159 Å². The minimum atomic E-state index is -0.508. The van der Waals surface area contributed by atoms with E-state index in [4.69, 9.17) is 0 Å². The quantitative estimate of drug-likeness (QED) is 0.597. The van der Waals surface area contributed by atoms with Gasteiger partial charge >= 0.3 is 0 Å². The fourth-order valence-electron chi connectivity index (χ4n) is 2.90. The van der Waals surface area contributed by atoms with E-state index in [2.05, 4.69) is 29.5 Å². The third kappa shape index (κ3) is 4.65. The summed E-state index contributed by atoms with van der Waals surface area (Å²) in [6.45, 7) is 6.47. The Bertz CT molecular complexity index is 914. The molecule has 1 aromatic heterocycles. The van der Waals surface area contributed by atoms with Crippen LogP contribution >= 0.6 is 0 Å². The van der Waals surface area contributed by atoms with Crippen LogP contribution in [-0.4, -0.2) is 33.2 Å². The zero-order valence-electron chi connectivity index (χ0n) is 15.9. The van der Waals surface area contributed by atoms with Gasteiger partial charge in [0.25, 0.3) is 0 Å². The van der Waals surface area contributed by atoms with E-state index in [0.717, 1.165) is 16.7 Å². The Kier molecular flexibility index (Phi) is 5.76. The maximum absolute atomic E-state index is 12.6. The lowest BCUT2D eigenvalue weighted by molar-refractivity contribution is -0.116. The second kappa shape index (κ2) is 8.22. The van der Waals surface area contributed by atoms with Crippen molar-refractivity contribution in [2.75, 3.05) is 17.2 Å². The van der Waals surface area contributed by atoms with Crippen LogP contribution in [0, 0.1) is 0 Å². The molecule has 0 aliphatic rings. The molecule has 0 fully saturated rings. The van der Waals surface area contributed by atoms with E-state index in [1.807, 2.05) is 53.1 Å². The average Bonchev–Trinajstić information content (AvgIpc) is 2.98. The molecule has 6 heteroatoms. The Morgan fingerprint density at radius 2 is 1.81 bits per heavy atom. The number of amides is 1. The van der Waals surface area contributed by atoms with E-state index in [9.17, 15) is 9.90 Å². The summed E-state index contributed by atoms with van der Waals surface area (Å²) in [5, 5.41) is 15.6. The molecule has 142 valence electrons. The van der Waals surface area contributed by atoms with Crippen molar-refractivity contribution >= 4 is 28.6 Å². The van der Waals surface area contributed by atoms with Crippen molar-refractivity contribution in [3.05, 3.63) is 54.1 Å². The van der Waals surface area contributed by atoms with Crippen LogP contribution in [0.4, 0.5) is 11.6 Å². The SMILES string of the molecule is CC(O)CNc1nc2ccccc2n1CC(=O)Nc1ccc(C(C)C)cc1. The number of nitrogens with one attached hydrogen (secondary N) is 2. The van der Waals surface area contributed by atoms with Crippen molar-refractivity contribution in [2.45, 2.75) is 39.3 Å². The van der Waals surface area contributed by atoms with Crippen LogP contribution in [0.2, 0.25) is 0 Å². The molecule has 3 rings (SSSR count). The molecule has 0 saturated carbocycles. The predicted octanol–water partition coefficient (Wildman–Crippen LogP) is 3.59. The highest BCUT2D eigenvalue weighted by molar-refractivity contribution is 5.92. The van der Waals surface area contributed by atoms with Gasteiger partial charge in [0.1, 0.15) is 6.54 Å². The second-order valence-corrected chi connectivity index (χ2v) is 7.07. The fourth-order valence-corrected chi connectivity index (χ4v) is 2.90. The lowest BCUT2D eigenvalue weighted by Crippen LogP contribution is -2.22. The van der Waals surface area contributed by atoms with Gasteiger partial charge in [0.05, 0.1) is 17.1 Å². The maximum Gasteiger partial charge on any atom is 0.244 e. The van der Waals surface area contributed by atoms with Crippen molar-refractivity contribution in [3.63, 3.8) is 0 Å². The number of carbonyl (C=O) groups excluding carboxylic acids is 1. The van der Waals surface area contributed by atoms with Gasteiger partial charge in [-0.3, -0.25) is 4.79 Å². The van der Waals surface area contributed by atoms with Crippen molar-refractivity contribution < 1.29 is 9.90 Å². The van der Waals surface area contributed by atoms with Gasteiger partial charge in [-0.25, -0.2) is 4.98 Å². The Morgan fingerprint density at radius 1 is 1.11 bits per heavy atom. The number of aliphatic hydroxyl groups excluding tert-OH is 1. The van der Waals surface area contributed by atoms with E-state index >= 15 is 0 Å². The first-order chi connectivity index (χ1) is 12.9. The highest BCUT2D eigenvalue weighted by atomic mass is 16.3. The predicted molar refractivity (Wildman–Crippen MR) is 109 cm³/mol. The number of para-hydroxylation sites is 2. The standard InChI is InChI=1S/C21H26N4O2/c1-14(2)16-8-10-17(11-9-16)23-20(27)13-25-19-7-5-4-6-18(19)24-21(25)22-12-15(3)26/h4-11,14-15,26H,12-13H2,1-3H3,(H,22,24)(H,23,27). The summed E-state index contributed by atoms with van der Waals surface area (Å²) in [5.74, 6) is 0.896. The molecule has 3 aromatic rings. The van der Waals surface area contributed by atoms with Crippen molar-refractivity contribution in [1.29, 1.82) is 0 Å². The number of benzene rings is 2. The first kappa shape index (κ1) is 18.9. The van der Waals surface area contributed by atoms with Crippen LogP contribution in [0.25, 0.3) is 11.0 Å². The van der Waals surface area contributed by atoms with Gasteiger partial charge in [0.2, 0.25) is 11.9 Å². The lowest BCUT2D eigenvalue weighted by Gasteiger charge is -2.13. The molecule has 1 amide bonds. The van der Waals surface area contributed by atoms with Gasteiger partial charge in [0.15, 0.2) is 0 Å². The molecular formula is C21H26N4O2. The highest BCUT2D eigenvalue weighted by Gasteiger charge is 2.14. The van der Waals surface area contributed by atoms with Gasteiger partial charge < -0.3 is 20.3 Å². The monoisotopic (exact) mass is 366 g/mol. The Balaban J connectivity index is 1.78. The number of aliphatic hydroxyl groups is 1. The molecule has 0 spiro atoms. The van der Waals surface area contributed by atoms with E-state index < -0.39 is 6.10 Å². The molecule has 0 aliphatic carbocycles. The molecule has 1 atom stereocenters. The van der Waals surface area contributed by atoms with Gasteiger partial charge in [-0.15, -0.1) is 0 Å². The first-order valence-electron chi connectivity index (χ1n) is 9.21. The summed E-state index contributed by atoms with van der Waals surface area (Å²) in [5.41, 5.74) is 3.68. The zero-order chi connectivity index (χ0) is 19.4. The molecule has 1 heterocycles. The van der Waals surface area contributed by atoms with Crippen LogP contribution in [0.1, 0.15) is 32.3 Å². The molecule has 0 aliphatic heterocycles. The van der Waals surface area contributed by atoms with E-state index in [0.29, 0.717) is 18.4 Å². The smallest absolute Gasteiger partial charge is 0.244 e. The van der Waals surface area contributed by atoms with Crippen LogP contribution in [0.15, 0.2) is 48.5 Å². The summed E-state index contributed by atoms with van der Waals surface area (Å²) in [7, 11) is 0. The molecule has 1 unspecified atom stereocenters. The number of carbonyl (C=O) groups is 1. The minimum Gasteiger partial charge on any atom is -0.392 e. The molecule has 27 heavy (non-hydrogen) atoms. The van der Waals surface area contributed by atoms with Crippen molar-refractivity contribution in [1.82, 2.24) is 9.55 Å². The fraction of sp³-hybridized carbons (Fsp3) is 0.333. The van der Waals surface area contributed by atoms with Crippen LogP contribution in [-0.2, 0) is 11.3 Å². The maximum atomic E-state index is 12.6. The number of fused-ring (bicyclic) bond motifs is 1. The minimum absolute atomic E-state index is 0.129. The number of imidazole rings is 1. The largest absolute Gasteiger partial charge is 0.392 e. The van der Waals surface area contributed by atoms with Gasteiger partial charge in [-0.2, -0.15) is 0 Å². The topological polar surface area (TPSA) is 79.2 Å². The number of hydrogen-bond acceptors (Lipinski definition) is 4. The third-order valence-electron chi connectivity index (χ3n) is 4.37. The third-order valence-corrected chi connectivity index (χ3v) is 4.37. The Morgan fingerprint density at radius 3 is 2.48 bits per heavy atom. The zero-order valence-corrected chi connectivity index (χ0v) is 15.9.